The zero-order chi connectivity index (χ0) is 16.8. The molecule has 22 heavy (non-hydrogen) atoms. The number of nitrogens with zero attached hydrogens (tertiary/aromatic N) is 2. The molecule has 1 aromatic rings. The Morgan fingerprint density at radius 2 is 1.73 bits per heavy atom. The van der Waals surface area contributed by atoms with E-state index in [1.807, 2.05) is 6.92 Å². The molecule has 1 aromatic heterocycles. The van der Waals surface area contributed by atoms with Gasteiger partial charge in [0.1, 0.15) is 0 Å². The van der Waals surface area contributed by atoms with Crippen LogP contribution in [0.15, 0.2) is 6.07 Å². The van der Waals surface area contributed by atoms with Crippen molar-refractivity contribution in [3.8, 4) is 5.88 Å². The number of rotatable bonds is 8. The van der Waals surface area contributed by atoms with Crippen LogP contribution in [-0.4, -0.2) is 23.2 Å². The van der Waals surface area contributed by atoms with Gasteiger partial charge >= 0.3 is 6.72 Å². The molecule has 0 saturated carbocycles. The van der Waals surface area contributed by atoms with Gasteiger partial charge < -0.3 is 4.52 Å². The second-order valence-electron chi connectivity index (χ2n) is 4.14. The van der Waals surface area contributed by atoms with E-state index in [9.17, 15) is 0 Å². The topological polar surface area (TPSA) is 53.5 Å². The molecule has 0 aliphatic heterocycles. The maximum atomic E-state index is 5.87. The van der Waals surface area contributed by atoms with E-state index in [2.05, 4.69) is 9.97 Å². The molecule has 1 heterocycles. The lowest BCUT2D eigenvalue weighted by molar-refractivity contribution is 0.215. The van der Waals surface area contributed by atoms with Crippen molar-refractivity contribution in [1.29, 1.82) is 0 Å². The maximum absolute atomic E-state index is 5.87. The Bertz CT molecular complexity index is 533. The van der Waals surface area contributed by atoms with Crippen LogP contribution in [0.5, 0.6) is 5.88 Å². The quantitative estimate of drug-likeness (QED) is 0.450. The lowest BCUT2D eigenvalue weighted by Crippen LogP contribution is -2.11. The average molecular weight is 408 g/mol. The van der Waals surface area contributed by atoms with E-state index in [4.69, 9.17) is 60.2 Å². The van der Waals surface area contributed by atoms with Crippen molar-refractivity contribution in [1.82, 2.24) is 9.97 Å². The van der Waals surface area contributed by atoms with Gasteiger partial charge in [-0.3, -0.25) is 9.05 Å². The van der Waals surface area contributed by atoms with E-state index in [0.29, 0.717) is 25.3 Å². The first kappa shape index (κ1) is 20.4. The maximum Gasteiger partial charge on any atom is 0.381 e. The van der Waals surface area contributed by atoms with Crippen LogP contribution in [0.1, 0.15) is 38.7 Å². The highest BCUT2D eigenvalue weighted by molar-refractivity contribution is 8.07. The minimum atomic E-state index is -2.94. The lowest BCUT2D eigenvalue weighted by Gasteiger charge is -2.21. The molecule has 5 nitrogen and oxygen atoms in total. The predicted octanol–water partition coefficient (Wildman–Crippen LogP) is 4.93. The van der Waals surface area contributed by atoms with Gasteiger partial charge in [0.15, 0.2) is 5.82 Å². The molecular weight excluding hydrogens is 390 g/mol. The van der Waals surface area contributed by atoms with E-state index in [1.54, 1.807) is 19.9 Å². The summed E-state index contributed by atoms with van der Waals surface area (Å²) in [6.45, 7) is 3.41. The van der Waals surface area contributed by atoms with Gasteiger partial charge in [0.25, 0.3) is 0 Å². The molecule has 0 atom stereocenters. The van der Waals surface area contributed by atoms with E-state index in [1.165, 1.54) is 0 Å². The normalized spacial score (nSPS) is 12.5. The summed E-state index contributed by atoms with van der Waals surface area (Å²) in [7, 11) is 0. The van der Waals surface area contributed by atoms with Crippen LogP contribution in [0.3, 0.4) is 0 Å². The summed E-state index contributed by atoms with van der Waals surface area (Å²) in [5, 5.41) is 0. The number of aryl methyl sites for hydroxylation is 1. The summed E-state index contributed by atoms with van der Waals surface area (Å²) < 4.78 is 14.8. The molecule has 0 amide bonds. The van der Waals surface area contributed by atoms with Gasteiger partial charge in [0, 0.05) is 23.6 Å². The third-order valence-corrected chi connectivity index (χ3v) is 5.22. The first-order valence-corrected chi connectivity index (χ1v) is 10.5. The van der Waals surface area contributed by atoms with Crippen molar-refractivity contribution in [3.63, 3.8) is 0 Å². The molecule has 0 spiro atoms. The molecule has 1 rings (SSSR count). The van der Waals surface area contributed by atoms with E-state index >= 15 is 0 Å². The summed E-state index contributed by atoms with van der Waals surface area (Å²) in [5.74, 6) is 0.220. The summed E-state index contributed by atoms with van der Waals surface area (Å²) >= 11 is 22.9. The molecule has 10 heteroatoms. The molecule has 0 fully saturated rings. The Morgan fingerprint density at radius 3 is 2.18 bits per heavy atom. The molecule has 0 aliphatic carbocycles. The molecule has 0 aromatic carbocycles. The van der Waals surface area contributed by atoms with Gasteiger partial charge in [-0.05, 0) is 20.3 Å². The van der Waals surface area contributed by atoms with Crippen LogP contribution < -0.4 is 4.52 Å². The Labute approximate surface area is 150 Å². The minimum Gasteiger partial charge on any atom is -0.406 e. The first-order valence-electron chi connectivity index (χ1n) is 6.78. The summed E-state index contributed by atoms with van der Waals surface area (Å²) in [6.07, 6.45) is 1.57. The molecular formula is C12H18Cl3N2O3PS. The van der Waals surface area contributed by atoms with Crippen LogP contribution in [0.25, 0.3) is 0 Å². The summed E-state index contributed by atoms with van der Waals surface area (Å²) in [5.41, 5.74) is 0.698. The highest BCUT2D eigenvalue weighted by Crippen LogP contribution is 2.49. The zero-order valence-electron chi connectivity index (χ0n) is 12.5. The SMILES string of the molecule is CCCc1cc(OP(=S)(OCC)OCC)nc(C(Cl)(Cl)Cl)n1. The Kier molecular flexibility index (Phi) is 8.31. The molecule has 0 radical (unpaired) electrons. The number of hydrogen-bond acceptors (Lipinski definition) is 6. The standard InChI is InChI=1S/C12H18Cl3N2O3PS/c1-4-7-9-8-10(17-11(16-9)12(13,14)15)20-21(22,18-5-2)19-6-3/h8H,4-7H2,1-3H3. The van der Waals surface area contributed by atoms with Gasteiger partial charge in [-0.25, -0.2) is 4.98 Å². The van der Waals surface area contributed by atoms with E-state index < -0.39 is 10.5 Å². The fourth-order valence-corrected chi connectivity index (χ4v) is 3.80. The van der Waals surface area contributed by atoms with Gasteiger partial charge in [0.05, 0.1) is 13.2 Å². The summed E-state index contributed by atoms with van der Waals surface area (Å²) in [4.78, 5) is 8.33. The Morgan fingerprint density at radius 1 is 1.14 bits per heavy atom. The lowest BCUT2D eigenvalue weighted by atomic mass is 10.2. The average Bonchev–Trinajstić information content (AvgIpc) is 2.38. The smallest absolute Gasteiger partial charge is 0.381 e. The van der Waals surface area contributed by atoms with Gasteiger partial charge in [-0.1, -0.05) is 48.1 Å². The molecule has 0 saturated heterocycles. The van der Waals surface area contributed by atoms with Crippen molar-refractivity contribution in [2.24, 2.45) is 0 Å². The van der Waals surface area contributed by atoms with E-state index in [0.717, 1.165) is 6.42 Å². The van der Waals surface area contributed by atoms with Crippen molar-refractivity contribution in [2.75, 3.05) is 13.2 Å². The molecule has 0 bridgehead atoms. The monoisotopic (exact) mass is 406 g/mol. The molecule has 0 aliphatic rings. The largest absolute Gasteiger partial charge is 0.406 e. The Hall–Kier alpha value is 0.320. The summed E-state index contributed by atoms with van der Waals surface area (Å²) in [6, 6.07) is 1.66. The van der Waals surface area contributed by atoms with Crippen LogP contribution in [0.2, 0.25) is 0 Å². The highest BCUT2D eigenvalue weighted by atomic mass is 35.6. The Balaban J connectivity index is 3.16. The second kappa shape index (κ2) is 8.97. The highest BCUT2D eigenvalue weighted by Gasteiger charge is 2.29. The van der Waals surface area contributed by atoms with Crippen molar-refractivity contribution >= 4 is 53.3 Å². The van der Waals surface area contributed by atoms with Crippen LogP contribution in [-0.2, 0) is 31.1 Å². The predicted molar refractivity (Wildman–Crippen MR) is 93.4 cm³/mol. The second-order valence-corrected chi connectivity index (χ2v) is 9.36. The van der Waals surface area contributed by atoms with Crippen molar-refractivity contribution in [2.45, 2.75) is 37.4 Å². The van der Waals surface area contributed by atoms with Gasteiger partial charge in [-0.2, -0.15) is 4.98 Å². The van der Waals surface area contributed by atoms with E-state index in [-0.39, 0.29) is 11.7 Å². The van der Waals surface area contributed by atoms with Crippen molar-refractivity contribution < 1.29 is 13.6 Å². The molecule has 0 N–H and O–H groups in total. The fraction of sp³-hybridized carbons (Fsp3) is 0.667. The van der Waals surface area contributed by atoms with Crippen LogP contribution in [0, 0.1) is 0 Å². The number of halogens is 3. The molecule has 126 valence electrons. The van der Waals surface area contributed by atoms with Gasteiger partial charge in [0.2, 0.25) is 9.67 Å². The first-order chi connectivity index (χ1) is 10.2. The van der Waals surface area contributed by atoms with Crippen LogP contribution in [0.4, 0.5) is 0 Å². The number of aromatic nitrogens is 2. The fourth-order valence-electron chi connectivity index (χ4n) is 1.55. The minimum absolute atomic E-state index is 0.0352. The number of hydrogen-bond donors (Lipinski definition) is 0. The number of alkyl halides is 3. The van der Waals surface area contributed by atoms with Gasteiger partial charge in [-0.15, -0.1) is 0 Å². The van der Waals surface area contributed by atoms with Crippen molar-refractivity contribution in [3.05, 3.63) is 17.6 Å². The third kappa shape index (κ3) is 6.44. The van der Waals surface area contributed by atoms with Crippen LogP contribution >= 0.6 is 41.5 Å². The molecule has 0 unspecified atom stereocenters. The zero-order valence-corrected chi connectivity index (χ0v) is 16.5. The third-order valence-electron chi connectivity index (χ3n) is 2.30.